The summed E-state index contributed by atoms with van der Waals surface area (Å²) in [5.41, 5.74) is 0.462. The molecule has 1 aromatic heterocycles. The first-order valence-electron chi connectivity index (χ1n) is 11.5. The van der Waals surface area contributed by atoms with Gasteiger partial charge >= 0.3 is 0 Å². The van der Waals surface area contributed by atoms with Crippen LogP contribution in [0.2, 0.25) is 0 Å². The topological polar surface area (TPSA) is 70.4 Å². The Balaban J connectivity index is 2.25. The van der Waals surface area contributed by atoms with Crippen LogP contribution in [0.15, 0.2) is 6.20 Å². The second-order valence-corrected chi connectivity index (χ2v) is 10.0. The zero-order chi connectivity index (χ0) is 22.6. The molecule has 0 fully saturated rings. The van der Waals surface area contributed by atoms with Crippen molar-refractivity contribution >= 4 is 0 Å². The predicted octanol–water partition coefficient (Wildman–Crippen LogP) is 4.21. The molecule has 1 N–H and O–H groups in total. The number of rotatable bonds is 17. The highest BCUT2D eigenvalue weighted by atomic mass is 16.5. The molecule has 0 spiro atoms. The van der Waals surface area contributed by atoms with Gasteiger partial charge in [-0.1, -0.05) is 32.9 Å². The van der Waals surface area contributed by atoms with Crippen LogP contribution >= 0.6 is 0 Å². The van der Waals surface area contributed by atoms with E-state index in [9.17, 15) is 0 Å². The van der Waals surface area contributed by atoms with Crippen LogP contribution in [0.25, 0.3) is 0 Å². The largest absolute Gasteiger partial charge is 0.375 e. The average Bonchev–Trinajstić information content (AvgIpc) is 3.08. The Morgan fingerprint density at radius 1 is 0.967 bits per heavy atom. The van der Waals surface area contributed by atoms with E-state index in [1.165, 1.54) is 0 Å². The first-order chi connectivity index (χ1) is 14.0. The van der Waals surface area contributed by atoms with Crippen LogP contribution in [0, 0.1) is 5.92 Å². The van der Waals surface area contributed by atoms with Gasteiger partial charge in [-0.05, 0) is 52.9 Å². The monoisotopic (exact) mass is 426 g/mol. The molecule has 0 unspecified atom stereocenters. The zero-order valence-corrected chi connectivity index (χ0v) is 20.7. The van der Waals surface area contributed by atoms with Crippen LogP contribution in [0.3, 0.4) is 0 Å². The van der Waals surface area contributed by atoms with E-state index in [-0.39, 0.29) is 11.2 Å². The average molecular weight is 427 g/mol. The minimum Gasteiger partial charge on any atom is -0.375 e. The van der Waals surface area contributed by atoms with Crippen molar-refractivity contribution in [3.8, 4) is 0 Å². The van der Waals surface area contributed by atoms with Gasteiger partial charge < -0.3 is 19.5 Å². The summed E-state index contributed by atoms with van der Waals surface area (Å²) >= 11 is 0. The molecule has 7 nitrogen and oxygen atoms in total. The van der Waals surface area contributed by atoms with Gasteiger partial charge in [0.05, 0.1) is 37.2 Å². The second kappa shape index (κ2) is 13.4. The quantitative estimate of drug-likeness (QED) is 0.376. The SMILES string of the molecule is CC(C)CCOCc1cn(CCC(C)(C)OCCC(C)(C)OCCNC(C)C)nn1. The lowest BCUT2D eigenvalue weighted by Gasteiger charge is -2.30. The molecule has 1 rings (SSSR count). The lowest BCUT2D eigenvalue weighted by Crippen LogP contribution is -2.34. The second-order valence-electron chi connectivity index (χ2n) is 10.0. The van der Waals surface area contributed by atoms with Gasteiger partial charge in [0.1, 0.15) is 5.69 Å². The molecule has 1 heterocycles. The third kappa shape index (κ3) is 13.3. The van der Waals surface area contributed by atoms with Gasteiger partial charge in [0.25, 0.3) is 0 Å². The maximum Gasteiger partial charge on any atom is 0.108 e. The summed E-state index contributed by atoms with van der Waals surface area (Å²) in [5.74, 6) is 0.655. The molecule has 30 heavy (non-hydrogen) atoms. The predicted molar refractivity (Wildman–Crippen MR) is 122 cm³/mol. The molecule has 0 saturated heterocycles. The molecule has 0 saturated carbocycles. The zero-order valence-electron chi connectivity index (χ0n) is 20.7. The van der Waals surface area contributed by atoms with Gasteiger partial charge in [0, 0.05) is 25.7 Å². The Labute approximate surface area is 184 Å². The Morgan fingerprint density at radius 2 is 1.63 bits per heavy atom. The molecular weight excluding hydrogens is 380 g/mol. The minimum absolute atomic E-state index is 0.189. The van der Waals surface area contributed by atoms with E-state index in [1.807, 2.05) is 10.9 Å². The fraction of sp³-hybridized carbons (Fsp3) is 0.913. The number of nitrogens with one attached hydrogen (secondary N) is 1. The Kier molecular flexibility index (Phi) is 12.1. The maximum atomic E-state index is 6.16. The van der Waals surface area contributed by atoms with E-state index in [0.717, 1.165) is 44.7 Å². The van der Waals surface area contributed by atoms with Gasteiger partial charge in [0.15, 0.2) is 0 Å². The van der Waals surface area contributed by atoms with E-state index < -0.39 is 0 Å². The molecule has 0 aromatic carbocycles. The Morgan fingerprint density at radius 3 is 2.30 bits per heavy atom. The third-order valence-electron chi connectivity index (χ3n) is 4.96. The first kappa shape index (κ1) is 27.0. The van der Waals surface area contributed by atoms with Crippen LogP contribution < -0.4 is 5.32 Å². The van der Waals surface area contributed by atoms with Crippen molar-refractivity contribution in [2.75, 3.05) is 26.4 Å². The highest BCUT2D eigenvalue weighted by Gasteiger charge is 2.23. The van der Waals surface area contributed by atoms with E-state index in [2.05, 4.69) is 71.0 Å². The molecule has 0 aliphatic heterocycles. The van der Waals surface area contributed by atoms with Crippen LogP contribution in [0.4, 0.5) is 0 Å². The van der Waals surface area contributed by atoms with E-state index in [0.29, 0.717) is 31.8 Å². The number of nitrogens with zero attached hydrogens (tertiary/aromatic N) is 3. The van der Waals surface area contributed by atoms with Gasteiger partial charge in [-0.15, -0.1) is 5.10 Å². The number of hydrogen-bond acceptors (Lipinski definition) is 6. The first-order valence-corrected chi connectivity index (χ1v) is 11.5. The molecular formula is C23H46N4O3. The lowest BCUT2D eigenvalue weighted by atomic mass is 10.0. The van der Waals surface area contributed by atoms with Crippen molar-refractivity contribution in [3.63, 3.8) is 0 Å². The molecule has 0 aliphatic rings. The minimum atomic E-state index is -0.227. The summed E-state index contributed by atoms with van der Waals surface area (Å²) in [6, 6.07) is 0.485. The summed E-state index contributed by atoms with van der Waals surface area (Å²) in [7, 11) is 0. The normalized spacial score (nSPS) is 13.0. The van der Waals surface area contributed by atoms with Gasteiger partial charge in [0.2, 0.25) is 0 Å². The summed E-state index contributed by atoms with van der Waals surface area (Å²) < 4.78 is 19.7. The third-order valence-corrected chi connectivity index (χ3v) is 4.96. The molecule has 1 aromatic rings. The van der Waals surface area contributed by atoms with E-state index in [4.69, 9.17) is 14.2 Å². The Bertz CT molecular complexity index is 571. The smallest absolute Gasteiger partial charge is 0.108 e. The van der Waals surface area contributed by atoms with Crippen LogP contribution in [-0.4, -0.2) is 58.6 Å². The van der Waals surface area contributed by atoms with Crippen molar-refractivity contribution < 1.29 is 14.2 Å². The molecule has 176 valence electrons. The van der Waals surface area contributed by atoms with Crippen LogP contribution in [0.5, 0.6) is 0 Å². The standard InChI is InChI=1S/C23H46N4O3/c1-19(2)9-14-28-18-21-17-27(26-25-21)13-10-22(5,6)29-15-11-23(7,8)30-16-12-24-20(3)4/h17,19-20,24H,9-16,18H2,1-8H3. The van der Waals surface area contributed by atoms with Crippen molar-refractivity contribution in [2.45, 2.75) is 105 Å². The highest BCUT2D eigenvalue weighted by molar-refractivity contribution is 4.89. The van der Waals surface area contributed by atoms with Crippen LogP contribution in [-0.2, 0) is 27.4 Å². The summed E-state index contributed by atoms with van der Waals surface area (Å²) in [6.07, 6.45) is 4.76. The van der Waals surface area contributed by atoms with E-state index >= 15 is 0 Å². The highest BCUT2D eigenvalue weighted by Crippen LogP contribution is 2.20. The van der Waals surface area contributed by atoms with Gasteiger partial charge in [-0.2, -0.15) is 0 Å². The molecule has 0 bridgehead atoms. The molecule has 0 radical (unpaired) electrons. The fourth-order valence-corrected chi connectivity index (χ4v) is 2.79. The molecule has 7 heteroatoms. The lowest BCUT2D eigenvalue weighted by molar-refractivity contribution is -0.0748. The summed E-state index contributed by atoms with van der Waals surface area (Å²) in [4.78, 5) is 0. The van der Waals surface area contributed by atoms with Crippen molar-refractivity contribution in [3.05, 3.63) is 11.9 Å². The van der Waals surface area contributed by atoms with Crippen molar-refractivity contribution in [2.24, 2.45) is 5.92 Å². The number of hydrogen-bond donors (Lipinski definition) is 1. The molecule has 0 aliphatic carbocycles. The maximum absolute atomic E-state index is 6.16. The Hall–Kier alpha value is -1.02. The van der Waals surface area contributed by atoms with Gasteiger partial charge in [-0.3, -0.25) is 4.68 Å². The van der Waals surface area contributed by atoms with Gasteiger partial charge in [-0.25, -0.2) is 0 Å². The number of aromatic nitrogens is 3. The van der Waals surface area contributed by atoms with E-state index in [1.54, 1.807) is 0 Å². The van der Waals surface area contributed by atoms with Crippen molar-refractivity contribution in [1.29, 1.82) is 0 Å². The molecule has 0 amide bonds. The van der Waals surface area contributed by atoms with Crippen LogP contribution in [0.1, 0.15) is 80.3 Å². The number of ether oxygens (including phenoxy) is 3. The fourth-order valence-electron chi connectivity index (χ4n) is 2.79. The molecule has 0 atom stereocenters. The summed E-state index contributed by atoms with van der Waals surface area (Å²) in [6.45, 7) is 21.5. The van der Waals surface area contributed by atoms with Crippen molar-refractivity contribution in [1.82, 2.24) is 20.3 Å². The number of aryl methyl sites for hydroxylation is 1. The summed E-state index contributed by atoms with van der Waals surface area (Å²) in [5, 5.41) is 11.8.